The number of alkyl halides is 1. The number of aromatic amines is 2. The minimum Gasteiger partial charge on any atom is -0.423 e. The van der Waals surface area contributed by atoms with E-state index in [9.17, 15) is 19.8 Å². The van der Waals surface area contributed by atoms with Crippen molar-refractivity contribution in [2.45, 2.75) is 190 Å². The molecule has 0 fully saturated rings. The number of aliphatic hydroxyl groups is 3. The van der Waals surface area contributed by atoms with Crippen LogP contribution in [-0.2, 0) is 42.3 Å². The molecular weight excluding hydrogens is 2340 g/mol. The summed E-state index contributed by atoms with van der Waals surface area (Å²) in [7, 11) is -1.51. The summed E-state index contributed by atoms with van der Waals surface area (Å²) in [5.74, 6) is 3.29. The Morgan fingerprint density at radius 3 is 1.16 bits per heavy atom. The molecule has 0 unspecified atom stereocenters. The number of imidazole rings is 5. The van der Waals surface area contributed by atoms with Gasteiger partial charge < -0.3 is 103 Å². The highest BCUT2D eigenvalue weighted by Gasteiger charge is 2.22. The molecule has 148 heavy (non-hydrogen) atoms. The van der Waals surface area contributed by atoms with Crippen LogP contribution in [-0.4, -0.2) is 185 Å². The fourth-order valence-electron chi connectivity index (χ4n) is 13.1. The minimum absolute atomic E-state index is 0. The number of nitrogens with two attached hydrogens (primary N) is 2. The SMILES string of the molecule is C.CC(=O)Nc1cccc(B(O)O)c1.CC(C)I.CC(C)n1cnc2c(NCc3ccc(Br)cc3)nc(Cl)nc21.CC[C@@H](N)CO.CC[C@H](CO)Nc1nc(NCc2ccc(-c3cccc(NC(C)=O)c3)cc2)c2ncn(C(C)C)c2n1.CC[C@H](CO)Nc1nc(NCc2ccc(Br)cc2)c2ncn(C(C)C)c2n1.Clc1nc(Cl)c2[nH]cnc2n1.Clc1nc(NCc2ccc(Br)cc2)c2[nH]cnc2n1.NCc1ccc(Br)cc1. The van der Waals surface area contributed by atoms with Crippen molar-refractivity contribution in [3.63, 3.8) is 0 Å². The van der Waals surface area contributed by atoms with Crippen LogP contribution in [0.5, 0.6) is 0 Å². The van der Waals surface area contributed by atoms with Crippen LogP contribution in [0.1, 0.15) is 163 Å². The van der Waals surface area contributed by atoms with Crippen molar-refractivity contribution in [1.29, 1.82) is 0 Å². The quantitative estimate of drug-likeness (QED) is 0.00653. The number of halogens is 9. The zero-order chi connectivity index (χ0) is 107. The molecule has 10 heterocycles. The van der Waals surface area contributed by atoms with Gasteiger partial charge in [0.25, 0.3) is 0 Å². The molecule has 10 aromatic heterocycles. The summed E-state index contributed by atoms with van der Waals surface area (Å²) in [6, 6.07) is 55.2. The highest BCUT2D eigenvalue weighted by atomic mass is 127. The van der Waals surface area contributed by atoms with Crippen LogP contribution in [0, 0.1) is 0 Å². The molecule has 0 spiro atoms. The third-order valence-electron chi connectivity index (χ3n) is 20.9. The number of anilines is 8. The molecule has 2 amide bonds. The van der Waals surface area contributed by atoms with E-state index >= 15 is 0 Å². The number of amides is 2. The highest BCUT2D eigenvalue weighted by Crippen LogP contribution is 2.32. The van der Waals surface area contributed by atoms with Gasteiger partial charge >= 0.3 is 7.12 Å². The zero-order valence-electron chi connectivity index (χ0n) is 83.1. The molecule has 0 aliphatic rings. The van der Waals surface area contributed by atoms with Gasteiger partial charge in [-0.25, -0.2) is 29.9 Å². The van der Waals surface area contributed by atoms with Crippen LogP contribution in [0.15, 0.2) is 219 Å². The zero-order valence-corrected chi connectivity index (χ0v) is 94.6. The second kappa shape index (κ2) is 62.3. The summed E-state index contributed by atoms with van der Waals surface area (Å²) >= 11 is 39.1. The first-order chi connectivity index (χ1) is 70.4. The van der Waals surface area contributed by atoms with Gasteiger partial charge in [0.15, 0.2) is 73.2 Å². The lowest BCUT2D eigenvalue weighted by molar-refractivity contribution is -0.115. The van der Waals surface area contributed by atoms with Crippen LogP contribution in [0.3, 0.4) is 0 Å². The Morgan fingerprint density at radius 2 is 0.784 bits per heavy atom. The maximum Gasteiger partial charge on any atom is 0.488 e. The Bertz CT molecular complexity index is 6950. The first-order valence-electron chi connectivity index (χ1n) is 46.8. The van der Waals surface area contributed by atoms with Gasteiger partial charge in [0.1, 0.15) is 11.0 Å². The topological polar surface area (TPSA) is 523 Å². The van der Waals surface area contributed by atoms with Crippen molar-refractivity contribution in [3.8, 4) is 11.1 Å². The molecule has 0 saturated carbocycles. The Balaban J connectivity index is 0.000000215. The number of carbonyl (C=O) groups excluding carboxylic acids is 2. The molecular formula is C101H124BBr4Cl4IN30O7. The van der Waals surface area contributed by atoms with E-state index in [1.165, 1.54) is 31.8 Å². The fourth-order valence-corrected chi connectivity index (χ4v) is 14.9. The summed E-state index contributed by atoms with van der Waals surface area (Å²) in [5.41, 5.74) is 26.9. The predicted molar refractivity (Wildman–Crippen MR) is 622 cm³/mol. The molecule has 17 aromatic rings. The first kappa shape index (κ1) is 122. The van der Waals surface area contributed by atoms with Gasteiger partial charge in [0.2, 0.25) is 39.6 Å². The average molecular weight is 2470 g/mol. The van der Waals surface area contributed by atoms with E-state index in [0.29, 0.717) is 101 Å². The van der Waals surface area contributed by atoms with Crippen molar-refractivity contribution >= 4 is 259 Å². The number of rotatable bonds is 30. The van der Waals surface area contributed by atoms with Gasteiger partial charge in [-0.3, -0.25) is 9.59 Å². The summed E-state index contributed by atoms with van der Waals surface area (Å²) in [4.78, 5) is 92.1. The number of hydrogen-bond donors (Lipinski definition) is 17. The van der Waals surface area contributed by atoms with E-state index < -0.39 is 7.12 Å². The number of nitrogens with one attached hydrogen (secondary N) is 10. The summed E-state index contributed by atoms with van der Waals surface area (Å²) in [6.07, 6.45) is 10.8. The van der Waals surface area contributed by atoms with E-state index in [1.807, 2.05) is 144 Å². The van der Waals surface area contributed by atoms with E-state index in [0.717, 1.165) is 114 Å². The maximum absolute atomic E-state index is 11.4. The molecule has 3 atom stereocenters. The molecule has 0 bridgehead atoms. The van der Waals surface area contributed by atoms with Crippen molar-refractivity contribution in [1.82, 2.24) is 98.4 Å². The summed E-state index contributed by atoms with van der Waals surface area (Å²) in [5, 5.41) is 70.9. The number of benzene rings is 7. The molecule has 0 aliphatic heterocycles. The molecule has 37 nitrogen and oxygen atoms in total. The largest absolute Gasteiger partial charge is 0.488 e. The Kier molecular flexibility index (Phi) is 51.3. The van der Waals surface area contributed by atoms with Crippen molar-refractivity contribution in [2.24, 2.45) is 11.5 Å². The molecule has 17 rings (SSSR count). The van der Waals surface area contributed by atoms with E-state index in [-0.39, 0.29) is 96.3 Å². The third-order valence-corrected chi connectivity index (χ3v) is 23.8. The van der Waals surface area contributed by atoms with Crippen LogP contribution >= 0.6 is 133 Å². The highest BCUT2D eigenvalue weighted by molar-refractivity contribution is 14.1. The molecule has 786 valence electrons. The molecule has 47 heteroatoms. The molecule has 0 aliphatic carbocycles. The minimum atomic E-state index is -1.51. The van der Waals surface area contributed by atoms with Crippen molar-refractivity contribution in [3.05, 3.63) is 268 Å². The molecule has 0 saturated heterocycles. The molecule has 19 N–H and O–H groups in total. The van der Waals surface area contributed by atoms with Gasteiger partial charge in [-0.2, -0.15) is 44.9 Å². The lowest BCUT2D eigenvalue weighted by Gasteiger charge is -2.16. The van der Waals surface area contributed by atoms with E-state index in [4.69, 9.17) is 73.0 Å². The number of nitrogens with zero attached hydrogens (tertiary/aromatic N) is 18. The summed E-state index contributed by atoms with van der Waals surface area (Å²) in [6.45, 7) is 28.9. The van der Waals surface area contributed by atoms with Crippen molar-refractivity contribution in [2.75, 3.05) is 62.4 Å². The monoisotopic (exact) mass is 2460 g/mol. The normalized spacial score (nSPS) is 11.3. The van der Waals surface area contributed by atoms with Crippen molar-refractivity contribution < 1.29 is 35.0 Å². The maximum atomic E-state index is 11.4. The number of fused-ring (bicyclic) bond motifs is 5. The second-order valence-electron chi connectivity index (χ2n) is 33.7. The smallest absolute Gasteiger partial charge is 0.423 e. The summed E-state index contributed by atoms with van der Waals surface area (Å²) < 4.78 is 11.1. The third kappa shape index (κ3) is 39.2. The van der Waals surface area contributed by atoms with Gasteiger partial charge in [-0.1, -0.05) is 237 Å². The Morgan fingerprint density at radius 1 is 0.432 bits per heavy atom. The van der Waals surface area contributed by atoms with E-state index in [1.54, 1.807) is 43.5 Å². The average Bonchev–Trinajstić information content (AvgIpc) is 1.64. The lowest BCUT2D eigenvalue weighted by Crippen LogP contribution is -2.29. The molecule has 0 radical (unpaired) electrons. The molecule has 7 aromatic carbocycles. The number of aliphatic hydroxyl groups excluding tert-OH is 3. The predicted octanol–water partition coefficient (Wildman–Crippen LogP) is 21.7. The number of hydrogen-bond acceptors (Lipinski definition) is 30. The van der Waals surface area contributed by atoms with Crippen LogP contribution in [0.25, 0.3) is 66.9 Å². The van der Waals surface area contributed by atoms with Gasteiger partial charge in [0.05, 0.1) is 63.5 Å². The number of carbonyl (C=O) groups is 2. The van der Waals surface area contributed by atoms with Gasteiger partial charge in [-0.05, 0) is 213 Å². The fraction of sp³-hybridized carbons (Fsp3) is 0.317. The van der Waals surface area contributed by atoms with Crippen LogP contribution < -0.4 is 59.5 Å². The van der Waals surface area contributed by atoms with E-state index in [2.05, 4.69) is 305 Å². The lowest BCUT2D eigenvalue weighted by atomic mass is 9.80. The van der Waals surface area contributed by atoms with Crippen LogP contribution in [0.2, 0.25) is 21.0 Å². The number of H-pyrrole nitrogens is 2. The first-order valence-corrected chi connectivity index (χ1v) is 52.7. The van der Waals surface area contributed by atoms with Gasteiger partial charge in [-0.15, -0.1) is 0 Å². The number of aromatic nitrogens is 20. The second-order valence-corrected chi connectivity index (χ2v) is 41.2. The standard InChI is InChI=1S/C27H33N7O2.C19H25BrN6O.C15H15BrClN5.C12H9BrClN5.C8H10BNO3.C7H8BrN.C5H2Cl2N4.C4H11NO.C3H7I.CH4/c1-5-22(15-35)31-27-32-25(24-26(33-27)34(16-29-24)17(2)3)28-14-19-9-11-20(12-10-19)21-7-6-8-23(13-21)30-18(4)36;1-4-15(10-27)23-19-24-17(21-9-13-5-7-14(20)8-6-13)16-18(25-19)26(11-22-16)12(2)3;1-9(2)22-8-19-12-13(20-15(17)21-14(12)22)18-7-10-3-5-11(16)6-4-10;13-8-3-1-7(2-4-8)5-15-10-9-11(17-6-16-9)19-12(14)18-10;1-6(11)10-8-4-2-3-7(5-8)9(12)13;8-7-3-1-6(5-9)2-4-7;6-3-2-4(9-1-8-2)11-5(7)10-3;1-2-4(5)3-6;1-3(2)4;/h6-13,16-17,22,35H,5,14-15H2,1-4H3,(H,30,36)(H2,28,31,32,33);5-8,11-12,15,27H,4,9-10H2,1-3H3,(H2,21,23,24,25);3-6,8-9H,7H2,1-2H3,(H,18,20,21);1-4,6H,5H2,(H2,15,16,17,18,19);2-5,12-13H,1H3,(H,10,11);1-4H,5,9H2;1H,(H,8,9,10,11);4,6H,2-3,5H2,1H3;3H,1-2H3;1H4/t22-;15-;;;;;;4-;;/m11.....1../s1. The Hall–Kier alpha value is -11.4. The Labute approximate surface area is 927 Å². The van der Waals surface area contributed by atoms with Gasteiger partial charge in [0, 0.05) is 104 Å². The van der Waals surface area contributed by atoms with Crippen LogP contribution in [0.4, 0.5) is 46.5 Å².